The minimum absolute atomic E-state index is 0.0133. The largest absolute Gasteiger partial charge is 0.483 e. The lowest BCUT2D eigenvalue weighted by Gasteiger charge is -2.38. The molecule has 1 aromatic carbocycles. The van der Waals surface area contributed by atoms with Crippen LogP contribution in [0.25, 0.3) is 0 Å². The third-order valence-corrected chi connectivity index (χ3v) is 3.26. The van der Waals surface area contributed by atoms with Gasteiger partial charge in [0.05, 0.1) is 0 Å². The number of nitrogens with zero attached hydrogens (tertiary/aromatic N) is 1. The second-order valence-corrected chi connectivity index (χ2v) is 4.90. The van der Waals surface area contributed by atoms with Crippen LogP contribution in [0.2, 0.25) is 0 Å². The number of aliphatic hydroxyl groups excluding tert-OH is 1. The van der Waals surface area contributed by atoms with E-state index in [1.807, 2.05) is 32.0 Å². The van der Waals surface area contributed by atoms with Gasteiger partial charge >= 0.3 is 0 Å². The molecule has 1 aliphatic rings. The van der Waals surface area contributed by atoms with Crippen molar-refractivity contribution >= 4 is 5.91 Å². The zero-order chi connectivity index (χ0) is 13.1. The lowest BCUT2D eigenvalue weighted by molar-refractivity contribution is -0.140. The molecule has 1 saturated heterocycles. The summed E-state index contributed by atoms with van der Waals surface area (Å²) in [7, 11) is 0. The maximum atomic E-state index is 11.8. The number of hydrogen-bond acceptors (Lipinski definition) is 3. The van der Waals surface area contributed by atoms with Crippen molar-refractivity contribution in [2.75, 3.05) is 26.3 Å². The maximum absolute atomic E-state index is 11.8. The van der Waals surface area contributed by atoms with Crippen LogP contribution in [0.3, 0.4) is 0 Å². The minimum atomic E-state index is -0.0133. The predicted molar refractivity (Wildman–Crippen MR) is 68.6 cm³/mol. The van der Waals surface area contributed by atoms with Crippen molar-refractivity contribution in [1.82, 2.24) is 4.90 Å². The minimum Gasteiger partial charge on any atom is -0.483 e. The van der Waals surface area contributed by atoms with Crippen LogP contribution in [0.1, 0.15) is 11.1 Å². The quantitative estimate of drug-likeness (QED) is 0.870. The van der Waals surface area contributed by atoms with Gasteiger partial charge in [-0.25, -0.2) is 0 Å². The predicted octanol–water partition coefficient (Wildman–Crippen LogP) is 1.13. The molecule has 18 heavy (non-hydrogen) atoms. The zero-order valence-corrected chi connectivity index (χ0v) is 10.8. The zero-order valence-electron chi connectivity index (χ0n) is 10.8. The molecule has 1 aliphatic heterocycles. The van der Waals surface area contributed by atoms with Crippen molar-refractivity contribution in [2.45, 2.75) is 13.8 Å². The van der Waals surface area contributed by atoms with Gasteiger partial charge < -0.3 is 14.7 Å². The molecule has 0 spiro atoms. The Morgan fingerprint density at radius 1 is 1.44 bits per heavy atom. The number of ether oxygens (including phenoxy) is 1. The summed E-state index contributed by atoms with van der Waals surface area (Å²) < 4.78 is 5.55. The summed E-state index contributed by atoms with van der Waals surface area (Å²) in [5.74, 6) is 0.998. The molecule has 0 aliphatic carbocycles. The molecule has 1 aromatic rings. The molecule has 4 nitrogen and oxygen atoms in total. The fourth-order valence-electron chi connectivity index (χ4n) is 1.98. The van der Waals surface area contributed by atoms with Crippen molar-refractivity contribution in [2.24, 2.45) is 5.92 Å². The Balaban J connectivity index is 1.84. The molecule has 0 radical (unpaired) electrons. The van der Waals surface area contributed by atoms with E-state index in [9.17, 15) is 4.79 Å². The first-order valence-electron chi connectivity index (χ1n) is 6.19. The molecular weight excluding hydrogens is 230 g/mol. The van der Waals surface area contributed by atoms with Gasteiger partial charge in [-0.05, 0) is 31.0 Å². The molecule has 1 amide bonds. The highest BCUT2D eigenvalue weighted by atomic mass is 16.5. The van der Waals surface area contributed by atoms with Crippen LogP contribution in [-0.4, -0.2) is 42.2 Å². The van der Waals surface area contributed by atoms with Crippen LogP contribution in [0.15, 0.2) is 18.2 Å². The van der Waals surface area contributed by atoms with E-state index in [0.717, 1.165) is 16.9 Å². The molecule has 0 atom stereocenters. The van der Waals surface area contributed by atoms with Crippen LogP contribution < -0.4 is 4.74 Å². The monoisotopic (exact) mass is 249 g/mol. The number of aliphatic hydroxyl groups is 1. The summed E-state index contributed by atoms with van der Waals surface area (Å²) >= 11 is 0. The van der Waals surface area contributed by atoms with Crippen LogP contribution in [0.4, 0.5) is 0 Å². The van der Waals surface area contributed by atoms with Crippen molar-refractivity contribution < 1.29 is 14.6 Å². The van der Waals surface area contributed by atoms with Gasteiger partial charge in [0.1, 0.15) is 5.75 Å². The fourth-order valence-corrected chi connectivity index (χ4v) is 1.98. The van der Waals surface area contributed by atoms with E-state index in [2.05, 4.69) is 0 Å². The summed E-state index contributed by atoms with van der Waals surface area (Å²) in [4.78, 5) is 13.5. The molecule has 4 heteroatoms. The topological polar surface area (TPSA) is 49.8 Å². The van der Waals surface area contributed by atoms with Crippen LogP contribution in [0, 0.1) is 19.8 Å². The summed E-state index contributed by atoms with van der Waals surface area (Å²) in [6, 6.07) is 5.95. The SMILES string of the molecule is Cc1ccc(C)c(OCC(=O)N2CC(CO)C2)c1. The normalized spacial score (nSPS) is 15.4. The van der Waals surface area contributed by atoms with Gasteiger partial charge in [-0.3, -0.25) is 4.79 Å². The number of likely N-dealkylation sites (tertiary alicyclic amines) is 1. The van der Waals surface area contributed by atoms with Crippen molar-refractivity contribution in [3.8, 4) is 5.75 Å². The number of carbonyl (C=O) groups is 1. The number of aryl methyl sites for hydroxylation is 2. The molecule has 0 saturated carbocycles. The highest BCUT2D eigenvalue weighted by Gasteiger charge is 2.29. The lowest BCUT2D eigenvalue weighted by atomic mass is 10.0. The van der Waals surface area contributed by atoms with Gasteiger partial charge in [0.25, 0.3) is 5.91 Å². The highest BCUT2D eigenvalue weighted by Crippen LogP contribution is 2.20. The van der Waals surface area contributed by atoms with Gasteiger partial charge in [0.15, 0.2) is 6.61 Å². The molecule has 0 bridgehead atoms. The number of carbonyl (C=O) groups excluding carboxylic acids is 1. The molecule has 0 aromatic heterocycles. The Hall–Kier alpha value is -1.55. The van der Waals surface area contributed by atoms with Crippen LogP contribution in [-0.2, 0) is 4.79 Å². The molecular formula is C14H19NO3. The second-order valence-electron chi connectivity index (χ2n) is 4.90. The molecule has 98 valence electrons. The van der Waals surface area contributed by atoms with Crippen LogP contribution >= 0.6 is 0 Å². The van der Waals surface area contributed by atoms with E-state index < -0.39 is 0 Å². The Kier molecular flexibility index (Phi) is 3.87. The Bertz CT molecular complexity index is 439. The van der Waals surface area contributed by atoms with Gasteiger partial charge in [-0.15, -0.1) is 0 Å². The Morgan fingerprint density at radius 3 is 2.83 bits per heavy atom. The van der Waals surface area contributed by atoms with Crippen LogP contribution in [0.5, 0.6) is 5.75 Å². The van der Waals surface area contributed by atoms with Gasteiger partial charge in [0, 0.05) is 25.6 Å². The highest BCUT2D eigenvalue weighted by molar-refractivity contribution is 5.78. The fraction of sp³-hybridized carbons (Fsp3) is 0.500. The molecule has 1 fully saturated rings. The first kappa shape index (κ1) is 12.9. The first-order chi connectivity index (χ1) is 8.60. The summed E-state index contributed by atoms with van der Waals surface area (Å²) in [5.41, 5.74) is 2.15. The van der Waals surface area contributed by atoms with Gasteiger partial charge in [-0.2, -0.15) is 0 Å². The number of amides is 1. The van der Waals surface area contributed by atoms with E-state index in [-0.39, 0.29) is 25.0 Å². The summed E-state index contributed by atoms with van der Waals surface area (Å²) in [6.07, 6.45) is 0. The maximum Gasteiger partial charge on any atom is 0.260 e. The average molecular weight is 249 g/mol. The number of hydrogen-bond donors (Lipinski definition) is 1. The number of benzene rings is 1. The lowest BCUT2D eigenvalue weighted by Crippen LogP contribution is -2.52. The van der Waals surface area contributed by atoms with Crippen molar-refractivity contribution in [3.05, 3.63) is 29.3 Å². The molecule has 1 heterocycles. The summed E-state index contributed by atoms with van der Waals surface area (Å²) in [5, 5.41) is 8.89. The Labute approximate surface area is 107 Å². The third kappa shape index (κ3) is 2.82. The van der Waals surface area contributed by atoms with E-state index >= 15 is 0 Å². The van der Waals surface area contributed by atoms with Gasteiger partial charge in [0.2, 0.25) is 0 Å². The smallest absolute Gasteiger partial charge is 0.260 e. The third-order valence-electron chi connectivity index (χ3n) is 3.26. The van der Waals surface area contributed by atoms with E-state index in [1.54, 1.807) is 4.90 Å². The van der Waals surface area contributed by atoms with E-state index in [4.69, 9.17) is 9.84 Å². The van der Waals surface area contributed by atoms with Crippen molar-refractivity contribution in [3.63, 3.8) is 0 Å². The molecule has 2 rings (SSSR count). The first-order valence-corrected chi connectivity index (χ1v) is 6.19. The summed E-state index contributed by atoms with van der Waals surface area (Å²) in [6.45, 7) is 5.47. The van der Waals surface area contributed by atoms with Crippen molar-refractivity contribution in [1.29, 1.82) is 0 Å². The Morgan fingerprint density at radius 2 is 2.17 bits per heavy atom. The van der Waals surface area contributed by atoms with E-state index in [0.29, 0.717) is 13.1 Å². The second kappa shape index (κ2) is 5.40. The standard InChI is InChI=1S/C14H19NO3/c1-10-3-4-11(2)13(5-10)18-9-14(17)15-6-12(7-15)8-16/h3-5,12,16H,6-9H2,1-2H3. The average Bonchev–Trinajstić information content (AvgIpc) is 2.29. The van der Waals surface area contributed by atoms with Gasteiger partial charge in [-0.1, -0.05) is 12.1 Å². The molecule has 0 unspecified atom stereocenters. The van der Waals surface area contributed by atoms with E-state index in [1.165, 1.54) is 0 Å². The number of rotatable bonds is 4. The molecule has 1 N–H and O–H groups in total.